The van der Waals surface area contributed by atoms with Crippen molar-refractivity contribution in [2.75, 3.05) is 39.3 Å². The number of hydrogen-bond acceptors (Lipinski definition) is 5. The van der Waals surface area contributed by atoms with E-state index in [9.17, 15) is 9.59 Å². The summed E-state index contributed by atoms with van der Waals surface area (Å²) in [6.45, 7) is 9.94. The Morgan fingerprint density at radius 1 is 1.13 bits per heavy atom. The zero-order chi connectivity index (χ0) is 22.4. The SMILES string of the molecule is CC(C)(C)OC(=O)N1CCN(CCCNC(=O)c2ccn(-c3ccccc3Cl)n2)CC1. The van der Waals surface area contributed by atoms with Crippen molar-refractivity contribution in [3.05, 3.63) is 47.2 Å². The third-order valence-electron chi connectivity index (χ3n) is 4.88. The van der Waals surface area contributed by atoms with Crippen LogP contribution >= 0.6 is 11.6 Å². The van der Waals surface area contributed by atoms with Crippen LogP contribution in [-0.4, -0.2) is 76.5 Å². The molecule has 1 saturated heterocycles. The second-order valence-corrected chi connectivity index (χ2v) is 8.92. The van der Waals surface area contributed by atoms with Gasteiger partial charge in [0.25, 0.3) is 5.91 Å². The molecule has 0 unspecified atom stereocenters. The summed E-state index contributed by atoms with van der Waals surface area (Å²) in [5.74, 6) is -0.208. The third-order valence-corrected chi connectivity index (χ3v) is 5.20. The molecular weight excluding hydrogens is 418 g/mol. The fraction of sp³-hybridized carbons (Fsp3) is 0.500. The minimum atomic E-state index is -0.477. The summed E-state index contributed by atoms with van der Waals surface area (Å²) in [6.07, 6.45) is 2.29. The molecule has 3 rings (SSSR count). The van der Waals surface area contributed by atoms with Crippen LogP contribution in [0.15, 0.2) is 36.5 Å². The number of nitrogens with one attached hydrogen (secondary N) is 1. The second kappa shape index (κ2) is 10.2. The molecule has 1 aromatic heterocycles. The molecule has 0 aliphatic carbocycles. The quantitative estimate of drug-likeness (QED) is 0.688. The Bertz CT molecular complexity index is 901. The van der Waals surface area contributed by atoms with E-state index in [1.807, 2.05) is 39.0 Å². The van der Waals surface area contributed by atoms with E-state index in [2.05, 4.69) is 15.3 Å². The molecule has 1 fully saturated rings. The average molecular weight is 448 g/mol. The molecular formula is C22H30ClN5O3. The second-order valence-electron chi connectivity index (χ2n) is 8.52. The van der Waals surface area contributed by atoms with E-state index in [4.69, 9.17) is 16.3 Å². The number of rotatable bonds is 6. The van der Waals surface area contributed by atoms with Gasteiger partial charge in [0.2, 0.25) is 0 Å². The van der Waals surface area contributed by atoms with Crippen LogP contribution in [0.5, 0.6) is 0 Å². The highest BCUT2D eigenvalue weighted by Gasteiger charge is 2.25. The number of carbonyl (C=O) groups is 2. The van der Waals surface area contributed by atoms with Crippen LogP contribution in [0.3, 0.4) is 0 Å². The van der Waals surface area contributed by atoms with Gasteiger partial charge in [-0.2, -0.15) is 5.10 Å². The fourth-order valence-corrected chi connectivity index (χ4v) is 3.51. The number of amides is 2. The summed E-state index contributed by atoms with van der Waals surface area (Å²) >= 11 is 6.18. The molecule has 0 spiro atoms. The number of halogens is 1. The molecule has 0 bridgehead atoms. The summed E-state index contributed by atoms with van der Waals surface area (Å²) in [5, 5.41) is 7.81. The molecule has 2 aromatic rings. The highest BCUT2D eigenvalue weighted by Crippen LogP contribution is 2.19. The van der Waals surface area contributed by atoms with Gasteiger partial charge in [-0.25, -0.2) is 9.48 Å². The minimum absolute atomic E-state index is 0.208. The van der Waals surface area contributed by atoms with Crippen molar-refractivity contribution >= 4 is 23.6 Å². The van der Waals surface area contributed by atoms with E-state index in [1.165, 1.54) is 0 Å². The van der Waals surface area contributed by atoms with Crippen LogP contribution in [0, 0.1) is 0 Å². The van der Waals surface area contributed by atoms with Gasteiger partial charge < -0.3 is 15.0 Å². The summed E-state index contributed by atoms with van der Waals surface area (Å²) in [6, 6.07) is 9.02. The molecule has 2 amide bonds. The Hall–Kier alpha value is -2.58. The lowest BCUT2D eigenvalue weighted by atomic mass is 10.2. The number of benzene rings is 1. The van der Waals surface area contributed by atoms with Crippen molar-refractivity contribution in [2.45, 2.75) is 32.8 Å². The molecule has 1 aliphatic heterocycles. The maximum absolute atomic E-state index is 12.4. The normalized spacial score (nSPS) is 15.0. The molecule has 2 heterocycles. The summed E-state index contributed by atoms with van der Waals surface area (Å²) < 4.78 is 7.02. The lowest BCUT2D eigenvalue weighted by Crippen LogP contribution is -2.50. The molecule has 1 aromatic carbocycles. The van der Waals surface area contributed by atoms with Gasteiger partial charge in [-0.15, -0.1) is 0 Å². The van der Waals surface area contributed by atoms with Gasteiger partial charge in [-0.3, -0.25) is 9.69 Å². The Morgan fingerprint density at radius 3 is 2.52 bits per heavy atom. The molecule has 31 heavy (non-hydrogen) atoms. The Kier molecular flexibility index (Phi) is 7.56. The van der Waals surface area contributed by atoms with E-state index in [0.29, 0.717) is 30.4 Å². The van der Waals surface area contributed by atoms with Crippen molar-refractivity contribution < 1.29 is 14.3 Å². The topological polar surface area (TPSA) is 79.7 Å². The maximum Gasteiger partial charge on any atom is 0.410 e. The molecule has 1 N–H and O–H groups in total. The molecule has 168 valence electrons. The van der Waals surface area contributed by atoms with E-state index in [0.717, 1.165) is 31.7 Å². The summed E-state index contributed by atoms with van der Waals surface area (Å²) in [7, 11) is 0. The predicted octanol–water partition coefficient (Wildman–Crippen LogP) is 3.20. The van der Waals surface area contributed by atoms with Crippen molar-refractivity contribution in [1.29, 1.82) is 0 Å². The van der Waals surface area contributed by atoms with Crippen molar-refractivity contribution in [2.24, 2.45) is 0 Å². The minimum Gasteiger partial charge on any atom is -0.444 e. The van der Waals surface area contributed by atoms with E-state index in [-0.39, 0.29) is 12.0 Å². The zero-order valence-electron chi connectivity index (χ0n) is 18.3. The molecule has 0 atom stereocenters. The van der Waals surface area contributed by atoms with Gasteiger partial charge in [0, 0.05) is 38.9 Å². The Labute approximate surface area is 188 Å². The summed E-state index contributed by atoms with van der Waals surface area (Å²) in [5.41, 5.74) is 0.606. The average Bonchev–Trinajstić information content (AvgIpc) is 3.20. The monoisotopic (exact) mass is 447 g/mol. The Morgan fingerprint density at radius 2 is 1.84 bits per heavy atom. The number of aromatic nitrogens is 2. The van der Waals surface area contributed by atoms with Crippen LogP contribution in [0.4, 0.5) is 4.79 Å². The van der Waals surface area contributed by atoms with Crippen LogP contribution in [-0.2, 0) is 4.74 Å². The van der Waals surface area contributed by atoms with Crippen LogP contribution in [0.25, 0.3) is 5.69 Å². The maximum atomic E-state index is 12.4. The van der Waals surface area contributed by atoms with Crippen molar-refractivity contribution in [1.82, 2.24) is 24.9 Å². The summed E-state index contributed by atoms with van der Waals surface area (Å²) in [4.78, 5) is 28.5. The van der Waals surface area contributed by atoms with Gasteiger partial charge in [-0.05, 0) is 51.9 Å². The first kappa shape index (κ1) is 23.1. The smallest absolute Gasteiger partial charge is 0.410 e. The van der Waals surface area contributed by atoms with Gasteiger partial charge >= 0.3 is 6.09 Å². The van der Waals surface area contributed by atoms with Gasteiger partial charge in [-0.1, -0.05) is 23.7 Å². The lowest BCUT2D eigenvalue weighted by molar-refractivity contribution is 0.0144. The van der Waals surface area contributed by atoms with Crippen LogP contribution in [0.1, 0.15) is 37.7 Å². The number of para-hydroxylation sites is 1. The van der Waals surface area contributed by atoms with Gasteiger partial charge in [0.15, 0.2) is 5.69 Å². The number of hydrogen-bond donors (Lipinski definition) is 1. The molecule has 9 heteroatoms. The first-order chi connectivity index (χ1) is 14.7. The standard InChI is InChI=1S/C22H30ClN5O3/c1-22(2,3)31-21(30)27-15-13-26(14-16-27)11-6-10-24-20(29)18-9-12-28(25-18)19-8-5-4-7-17(19)23/h4-5,7-9,12H,6,10-11,13-16H2,1-3H3,(H,24,29). The van der Waals surface area contributed by atoms with E-state index >= 15 is 0 Å². The van der Waals surface area contributed by atoms with Crippen LogP contribution in [0.2, 0.25) is 5.02 Å². The fourth-order valence-electron chi connectivity index (χ4n) is 3.29. The Balaban J connectivity index is 1.37. The number of nitrogens with zero attached hydrogens (tertiary/aromatic N) is 4. The molecule has 0 radical (unpaired) electrons. The molecule has 1 aliphatic rings. The first-order valence-electron chi connectivity index (χ1n) is 10.5. The van der Waals surface area contributed by atoms with Gasteiger partial charge in [0.05, 0.1) is 10.7 Å². The number of piperazine rings is 1. The van der Waals surface area contributed by atoms with Crippen LogP contribution < -0.4 is 5.32 Å². The predicted molar refractivity (Wildman–Crippen MR) is 120 cm³/mol. The number of ether oxygens (including phenoxy) is 1. The first-order valence-corrected chi connectivity index (χ1v) is 10.9. The van der Waals surface area contributed by atoms with E-state index < -0.39 is 5.60 Å². The molecule has 8 nitrogen and oxygen atoms in total. The highest BCUT2D eigenvalue weighted by atomic mass is 35.5. The number of carbonyl (C=O) groups excluding carboxylic acids is 2. The zero-order valence-corrected chi connectivity index (χ0v) is 19.1. The molecule has 0 saturated carbocycles. The van der Waals surface area contributed by atoms with Crippen molar-refractivity contribution in [3.8, 4) is 5.69 Å². The van der Waals surface area contributed by atoms with Crippen molar-refractivity contribution in [3.63, 3.8) is 0 Å². The van der Waals surface area contributed by atoms with Gasteiger partial charge in [0.1, 0.15) is 5.60 Å². The van der Waals surface area contributed by atoms with E-state index in [1.54, 1.807) is 27.9 Å². The highest BCUT2D eigenvalue weighted by molar-refractivity contribution is 6.32. The lowest BCUT2D eigenvalue weighted by Gasteiger charge is -2.35. The largest absolute Gasteiger partial charge is 0.444 e. The third kappa shape index (κ3) is 6.70.